The molecule has 0 bridgehead atoms. The van der Waals surface area contributed by atoms with Crippen molar-refractivity contribution >= 4 is 0 Å². The number of benzene rings is 2. The molecule has 0 aromatic heterocycles. The fourth-order valence-corrected chi connectivity index (χ4v) is 2.12. The van der Waals surface area contributed by atoms with E-state index in [4.69, 9.17) is 14.6 Å². The van der Waals surface area contributed by atoms with E-state index in [9.17, 15) is 8.78 Å². The van der Waals surface area contributed by atoms with Gasteiger partial charge < -0.3 is 19.9 Å². The summed E-state index contributed by atoms with van der Waals surface area (Å²) in [5.74, 6) is -0.585. The molecule has 124 valence electrons. The van der Waals surface area contributed by atoms with Crippen LogP contribution in [-0.2, 0) is 13.1 Å². The highest BCUT2D eigenvalue weighted by Gasteiger charge is 2.08. The Labute approximate surface area is 133 Å². The quantitative estimate of drug-likeness (QED) is 0.784. The first-order chi connectivity index (χ1) is 11.2. The molecule has 2 aromatic rings. The van der Waals surface area contributed by atoms with Gasteiger partial charge in [-0.3, -0.25) is 0 Å². The SMILES string of the molecule is COc1cc(CNCc2cccc(F)c2F)ccc1OCCO. The Morgan fingerprint density at radius 2 is 1.91 bits per heavy atom. The lowest BCUT2D eigenvalue weighted by Gasteiger charge is -2.12. The maximum absolute atomic E-state index is 13.5. The monoisotopic (exact) mass is 323 g/mol. The van der Waals surface area contributed by atoms with Crippen molar-refractivity contribution in [1.82, 2.24) is 5.32 Å². The Morgan fingerprint density at radius 1 is 1.09 bits per heavy atom. The molecule has 0 aliphatic carbocycles. The predicted molar refractivity (Wildman–Crippen MR) is 82.5 cm³/mol. The second-order valence-corrected chi connectivity index (χ2v) is 4.87. The summed E-state index contributed by atoms with van der Waals surface area (Å²) < 4.78 is 37.3. The summed E-state index contributed by atoms with van der Waals surface area (Å²) in [4.78, 5) is 0. The van der Waals surface area contributed by atoms with Crippen molar-refractivity contribution < 1.29 is 23.4 Å². The Bertz CT molecular complexity index is 650. The average Bonchev–Trinajstić information content (AvgIpc) is 2.57. The van der Waals surface area contributed by atoms with Gasteiger partial charge in [-0.2, -0.15) is 0 Å². The van der Waals surface area contributed by atoms with E-state index < -0.39 is 11.6 Å². The molecule has 0 radical (unpaired) electrons. The number of methoxy groups -OCH3 is 1. The molecule has 6 heteroatoms. The lowest BCUT2D eigenvalue weighted by atomic mass is 10.1. The van der Waals surface area contributed by atoms with Crippen molar-refractivity contribution in [3.63, 3.8) is 0 Å². The molecule has 2 aromatic carbocycles. The van der Waals surface area contributed by atoms with Gasteiger partial charge >= 0.3 is 0 Å². The van der Waals surface area contributed by atoms with E-state index in [2.05, 4.69) is 5.32 Å². The Morgan fingerprint density at radius 3 is 2.65 bits per heavy atom. The number of hydrogen-bond donors (Lipinski definition) is 2. The van der Waals surface area contributed by atoms with E-state index in [-0.39, 0.29) is 25.3 Å². The third-order valence-electron chi connectivity index (χ3n) is 3.25. The van der Waals surface area contributed by atoms with Crippen molar-refractivity contribution in [3.8, 4) is 11.5 Å². The molecule has 0 aliphatic rings. The summed E-state index contributed by atoms with van der Waals surface area (Å²) in [6.07, 6.45) is 0. The second-order valence-electron chi connectivity index (χ2n) is 4.87. The van der Waals surface area contributed by atoms with Crippen LogP contribution in [0.5, 0.6) is 11.5 Å². The van der Waals surface area contributed by atoms with Gasteiger partial charge in [0.2, 0.25) is 0 Å². The van der Waals surface area contributed by atoms with Gasteiger partial charge in [0.25, 0.3) is 0 Å². The van der Waals surface area contributed by atoms with Crippen molar-refractivity contribution in [2.45, 2.75) is 13.1 Å². The molecule has 2 N–H and O–H groups in total. The molecule has 0 heterocycles. The van der Waals surface area contributed by atoms with E-state index in [1.54, 1.807) is 12.1 Å². The third kappa shape index (κ3) is 4.64. The van der Waals surface area contributed by atoms with Crippen molar-refractivity contribution in [1.29, 1.82) is 0 Å². The normalized spacial score (nSPS) is 10.6. The molecule has 4 nitrogen and oxygen atoms in total. The first-order valence-electron chi connectivity index (χ1n) is 7.20. The number of ether oxygens (including phenoxy) is 2. The highest BCUT2D eigenvalue weighted by atomic mass is 19.2. The lowest BCUT2D eigenvalue weighted by Crippen LogP contribution is -2.14. The van der Waals surface area contributed by atoms with E-state index in [1.165, 1.54) is 19.2 Å². The van der Waals surface area contributed by atoms with Crippen molar-refractivity contribution in [3.05, 3.63) is 59.2 Å². The summed E-state index contributed by atoms with van der Waals surface area (Å²) in [5, 5.41) is 11.8. The molecule has 0 saturated carbocycles. The molecular formula is C17H19F2NO3. The highest BCUT2D eigenvalue weighted by Crippen LogP contribution is 2.28. The maximum atomic E-state index is 13.5. The third-order valence-corrected chi connectivity index (χ3v) is 3.25. The van der Waals surface area contributed by atoms with Gasteiger partial charge in [0, 0.05) is 18.7 Å². The molecular weight excluding hydrogens is 304 g/mol. The molecule has 0 amide bonds. The first kappa shape index (κ1) is 17.2. The fourth-order valence-electron chi connectivity index (χ4n) is 2.12. The maximum Gasteiger partial charge on any atom is 0.163 e. The molecule has 23 heavy (non-hydrogen) atoms. The van der Waals surface area contributed by atoms with Crippen LogP contribution in [0.3, 0.4) is 0 Å². The summed E-state index contributed by atoms with van der Waals surface area (Å²) in [6.45, 7) is 0.791. The second kappa shape index (κ2) is 8.45. The lowest BCUT2D eigenvalue weighted by molar-refractivity contribution is 0.196. The smallest absolute Gasteiger partial charge is 0.163 e. The minimum absolute atomic E-state index is 0.0777. The topological polar surface area (TPSA) is 50.7 Å². The standard InChI is InChI=1S/C17H19F2NO3/c1-22-16-9-12(5-6-15(16)23-8-7-21)10-20-11-13-3-2-4-14(18)17(13)19/h2-6,9,20-21H,7-8,10-11H2,1H3. The molecule has 0 spiro atoms. The van der Waals surface area contributed by atoms with Crippen LogP contribution in [0.2, 0.25) is 0 Å². The Balaban J connectivity index is 1.96. The zero-order valence-corrected chi connectivity index (χ0v) is 12.8. The first-order valence-corrected chi connectivity index (χ1v) is 7.20. The summed E-state index contributed by atoms with van der Waals surface area (Å²) >= 11 is 0. The van der Waals surface area contributed by atoms with Gasteiger partial charge in [0.1, 0.15) is 6.61 Å². The van der Waals surface area contributed by atoms with Crippen molar-refractivity contribution in [2.24, 2.45) is 0 Å². The minimum Gasteiger partial charge on any atom is -0.493 e. The highest BCUT2D eigenvalue weighted by molar-refractivity contribution is 5.43. The molecule has 2 rings (SSSR count). The molecule has 0 atom stereocenters. The van der Waals surface area contributed by atoms with Gasteiger partial charge in [-0.25, -0.2) is 8.78 Å². The Kier molecular flexibility index (Phi) is 6.31. The van der Waals surface area contributed by atoms with Crippen LogP contribution < -0.4 is 14.8 Å². The van der Waals surface area contributed by atoms with Gasteiger partial charge in [-0.05, 0) is 23.8 Å². The van der Waals surface area contributed by atoms with E-state index >= 15 is 0 Å². The molecule has 0 aliphatic heterocycles. The van der Waals surface area contributed by atoms with Gasteiger partial charge in [-0.1, -0.05) is 18.2 Å². The number of aliphatic hydroxyl groups excluding tert-OH is 1. The zero-order chi connectivity index (χ0) is 16.7. The van der Waals surface area contributed by atoms with Crippen LogP contribution in [-0.4, -0.2) is 25.4 Å². The molecule has 0 fully saturated rings. The van der Waals surface area contributed by atoms with E-state index in [1.807, 2.05) is 6.07 Å². The van der Waals surface area contributed by atoms with Crippen LogP contribution in [0.4, 0.5) is 8.78 Å². The van der Waals surface area contributed by atoms with E-state index in [0.717, 1.165) is 11.6 Å². The van der Waals surface area contributed by atoms with Crippen LogP contribution >= 0.6 is 0 Å². The van der Waals surface area contributed by atoms with E-state index in [0.29, 0.717) is 18.0 Å². The zero-order valence-electron chi connectivity index (χ0n) is 12.8. The summed E-state index contributed by atoms with van der Waals surface area (Å²) in [6, 6.07) is 9.48. The summed E-state index contributed by atoms with van der Waals surface area (Å²) in [7, 11) is 1.53. The fraction of sp³-hybridized carbons (Fsp3) is 0.294. The average molecular weight is 323 g/mol. The number of halogens is 2. The number of aliphatic hydroxyl groups is 1. The summed E-state index contributed by atoms with van der Waals surface area (Å²) in [5.41, 5.74) is 1.19. The number of rotatable bonds is 8. The number of nitrogens with one attached hydrogen (secondary N) is 1. The van der Waals surface area contributed by atoms with Crippen LogP contribution in [0.1, 0.15) is 11.1 Å². The molecule has 0 unspecified atom stereocenters. The molecule has 0 saturated heterocycles. The predicted octanol–water partition coefficient (Wildman–Crippen LogP) is 2.63. The van der Waals surface area contributed by atoms with Crippen LogP contribution in [0.25, 0.3) is 0 Å². The van der Waals surface area contributed by atoms with Crippen LogP contribution in [0.15, 0.2) is 36.4 Å². The van der Waals surface area contributed by atoms with Gasteiger partial charge in [0.05, 0.1) is 13.7 Å². The van der Waals surface area contributed by atoms with Crippen LogP contribution in [0, 0.1) is 11.6 Å². The van der Waals surface area contributed by atoms with Gasteiger partial charge in [-0.15, -0.1) is 0 Å². The Hall–Kier alpha value is -2.18. The minimum atomic E-state index is -0.851. The van der Waals surface area contributed by atoms with Gasteiger partial charge in [0.15, 0.2) is 23.1 Å². The number of hydrogen-bond acceptors (Lipinski definition) is 4. The van der Waals surface area contributed by atoms with Crippen molar-refractivity contribution in [2.75, 3.05) is 20.3 Å². The largest absolute Gasteiger partial charge is 0.493 e.